The van der Waals surface area contributed by atoms with Crippen molar-refractivity contribution in [3.05, 3.63) is 95.4 Å². The minimum atomic E-state index is -0.958. The SMILES string of the molecule is CCc1ccc(C(=O)COC(=O)C(Cc2ccccc2)NC(=O)c2ccco2)cc1. The van der Waals surface area contributed by atoms with Gasteiger partial charge in [-0.05, 0) is 29.7 Å². The fourth-order valence-corrected chi connectivity index (χ4v) is 2.93. The van der Waals surface area contributed by atoms with Crippen LogP contribution in [-0.2, 0) is 22.4 Å². The number of benzene rings is 2. The fourth-order valence-electron chi connectivity index (χ4n) is 2.93. The predicted octanol–water partition coefficient (Wildman–Crippen LogP) is 3.61. The maximum absolute atomic E-state index is 12.7. The van der Waals surface area contributed by atoms with Crippen LogP contribution in [0.25, 0.3) is 0 Å². The van der Waals surface area contributed by atoms with E-state index in [4.69, 9.17) is 9.15 Å². The molecule has 154 valence electrons. The number of rotatable bonds is 9. The van der Waals surface area contributed by atoms with E-state index < -0.39 is 24.5 Å². The zero-order valence-corrected chi connectivity index (χ0v) is 16.7. The summed E-state index contributed by atoms with van der Waals surface area (Å²) in [4.78, 5) is 37.4. The summed E-state index contributed by atoms with van der Waals surface area (Å²) in [6.45, 7) is 1.63. The van der Waals surface area contributed by atoms with Gasteiger partial charge >= 0.3 is 5.97 Å². The molecule has 0 spiro atoms. The lowest BCUT2D eigenvalue weighted by Gasteiger charge is -2.17. The summed E-state index contributed by atoms with van der Waals surface area (Å²) in [5.74, 6) is -1.42. The van der Waals surface area contributed by atoms with E-state index in [1.54, 1.807) is 18.2 Å². The second-order valence-electron chi connectivity index (χ2n) is 6.77. The Labute approximate surface area is 174 Å². The van der Waals surface area contributed by atoms with Crippen LogP contribution >= 0.6 is 0 Å². The fraction of sp³-hybridized carbons (Fsp3) is 0.208. The van der Waals surface area contributed by atoms with Crippen molar-refractivity contribution < 1.29 is 23.5 Å². The molecule has 0 bridgehead atoms. The lowest BCUT2D eigenvalue weighted by molar-refractivity contribution is -0.144. The van der Waals surface area contributed by atoms with Gasteiger partial charge in [-0.2, -0.15) is 0 Å². The van der Waals surface area contributed by atoms with E-state index in [2.05, 4.69) is 5.32 Å². The maximum Gasteiger partial charge on any atom is 0.329 e. The molecule has 1 N–H and O–H groups in total. The number of aryl methyl sites for hydroxylation is 1. The number of hydrogen-bond acceptors (Lipinski definition) is 5. The minimum Gasteiger partial charge on any atom is -0.459 e. The highest BCUT2D eigenvalue weighted by molar-refractivity contribution is 5.99. The van der Waals surface area contributed by atoms with E-state index >= 15 is 0 Å². The Balaban J connectivity index is 1.65. The highest BCUT2D eigenvalue weighted by Crippen LogP contribution is 2.09. The number of carbonyl (C=O) groups excluding carboxylic acids is 3. The van der Waals surface area contributed by atoms with Gasteiger partial charge in [-0.25, -0.2) is 4.79 Å². The van der Waals surface area contributed by atoms with Gasteiger partial charge in [-0.1, -0.05) is 61.5 Å². The average molecular weight is 405 g/mol. The molecule has 6 nitrogen and oxygen atoms in total. The summed E-state index contributed by atoms with van der Waals surface area (Å²) >= 11 is 0. The van der Waals surface area contributed by atoms with E-state index in [1.165, 1.54) is 12.3 Å². The zero-order chi connectivity index (χ0) is 21.3. The first-order valence-electron chi connectivity index (χ1n) is 9.74. The number of ketones is 1. The monoisotopic (exact) mass is 405 g/mol. The molecule has 3 aromatic rings. The van der Waals surface area contributed by atoms with Crippen LogP contribution in [-0.4, -0.2) is 30.3 Å². The predicted molar refractivity (Wildman–Crippen MR) is 111 cm³/mol. The highest BCUT2D eigenvalue weighted by atomic mass is 16.5. The third-order valence-corrected chi connectivity index (χ3v) is 4.65. The van der Waals surface area contributed by atoms with Gasteiger partial charge in [-0.3, -0.25) is 9.59 Å². The summed E-state index contributed by atoms with van der Waals surface area (Å²) in [7, 11) is 0. The quantitative estimate of drug-likeness (QED) is 0.434. The first kappa shape index (κ1) is 21.0. The second kappa shape index (κ2) is 10.2. The number of furan rings is 1. The molecule has 0 aliphatic carbocycles. The summed E-state index contributed by atoms with van der Waals surface area (Å²) in [6.07, 6.45) is 2.48. The molecule has 1 heterocycles. The summed E-state index contributed by atoms with van der Waals surface area (Å²) in [6, 6.07) is 18.6. The van der Waals surface area contributed by atoms with E-state index in [0.29, 0.717) is 5.56 Å². The molecule has 0 aliphatic rings. The number of carbonyl (C=O) groups is 3. The van der Waals surface area contributed by atoms with E-state index in [1.807, 2.05) is 49.4 Å². The second-order valence-corrected chi connectivity index (χ2v) is 6.77. The number of nitrogens with one attached hydrogen (secondary N) is 1. The number of amides is 1. The van der Waals surface area contributed by atoms with E-state index in [-0.39, 0.29) is 18.0 Å². The van der Waals surface area contributed by atoms with Crippen molar-refractivity contribution in [2.24, 2.45) is 0 Å². The highest BCUT2D eigenvalue weighted by Gasteiger charge is 2.25. The number of ether oxygens (including phenoxy) is 1. The van der Waals surface area contributed by atoms with E-state index in [0.717, 1.165) is 17.5 Å². The Kier molecular flexibility index (Phi) is 7.16. The Hall–Kier alpha value is -3.67. The molecule has 2 aromatic carbocycles. The molecule has 6 heteroatoms. The first-order valence-corrected chi connectivity index (χ1v) is 9.74. The van der Waals surface area contributed by atoms with Gasteiger partial charge in [-0.15, -0.1) is 0 Å². The molecule has 0 fully saturated rings. The van der Waals surface area contributed by atoms with E-state index in [9.17, 15) is 14.4 Å². The van der Waals surface area contributed by atoms with Crippen LogP contribution in [0.3, 0.4) is 0 Å². The summed E-state index contributed by atoms with van der Waals surface area (Å²) in [5, 5.41) is 2.63. The van der Waals surface area contributed by atoms with Gasteiger partial charge in [0, 0.05) is 12.0 Å². The van der Waals surface area contributed by atoms with Crippen molar-refractivity contribution in [2.75, 3.05) is 6.61 Å². The Morgan fingerprint density at radius 3 is 2.30 bits per heavy atom. The van der Waals surface area contributed by atoms with Gasteiger partial charge in [0.05, 0.1) is 6.26 Å². The van der Waals surface area contributed by atoms with Crippen LogP contribution in [0.5, 0.6) is 0 Å². The molecule has 0 aliphatic heterocycles. The Morgan fingerprint density at radius 1 is 0.933 bits per heavy atom. The standard InChI is InChI=1S/C24H23NO5/c1-2-17-10-12-19(13-11-17)21(26)16-30-24(28)20(15-18-7-4-3-5-8-18)25-23(27)22-9-6-14-29-22/h3-14,20H,2,15-16H2,1H3,(H,25,27). The number of esters is 1. The normalized spacial score (nSPS) is 11.5. The molecule has 1 amide bonds. The minimum absolute atomic E-state index is 0.0907. The van der Waals surface area contributed by atoms with Crippen molar-refractivity contribution in [3.8, 4) is 0 Å². The van der Waals surface area contributed by atoms with Crippen molar-refractivity contribution in [3.63, 3.8) is 0 Å². The molecule has 0 saturated heterocycles. The third-order valence-electron chi connectivity index (χ3n) is 4.65. The van der Waals surface area contributed by atoms with Gasteiger partial charge in [0.1, 0.15) is 6.04 Å². The van der Waals surface area contributed by atoms with Crippen LogP contribution in [0.1, 0.15) is 39.0 Å². The van der Waals surface area contributed by atoms with Crippen LogP contribution in [0.2, 0.25) is 0 Å². The molecule has 1 unspecified atom stereocenters. The van der Waals surface area contributed by atoms with Crippen molar-refractivity contribution >= 4 is 17.7 Å². The molecule has 3 rings (SSSR count). The molecule has 1 atom stereocenters. The Bertz CT molecular complexity index is 978. The van der Waals surface area contributed by atoms with Gasteiger partial charge in [0.15, 0.2) is 18.2 Å². The smallest absolute Gasteiger partial charge is 0.329 e. The van der Waals surface area contributed by atoms with Gasteiger partial charge < -0.3 is 14.5 Å². The Morgan fingerprint density at radius 2 is 1.67 bits per heavy atom. The number of Topliss-reactive ketones (excluding diaryl/α,β-unsaturated/α-hetero) is 1. The van der Waals surface area contributed by atoms with Crippen molar-refractivity contribution in [1.82, 2.24) is 5.32 Å². The topological polar surface area (TPSA) is 85.6 Å². The molecule has 30 heavy (non-hydrogen) atoms. The molecule has 0 radical (unpaired) electrons. The first-order chi connectivity index (χ1) is 14.6. The summed E-state index contributed by atoms with van der Waals surface area (Å²) < 4.78 is 10.3. The van der Waals surface area contributed by atoms with Crippen molar-refractivity contribution in [2.45, 2.75) is 25.8 Å². The lowest BCUT2D eigenvalue weighted by atomic mass is 10.1. The van der Waals surface area contributed by atoms with Crippen LogP contribution < -0.4 is 5.32 Å². The van der Waals surface area contributed by atoms with Crippen LogP contribution in [0.4, 0.5) is 0 Å². The average Bonchev–Trinajstić information content (AvgIpc) is 3.32. The van der Waals surface area contributed by atoms with Crippen molar-refractivity contribution in [1.29, 1.82) is 0 Å². The number of hydrogen-bond donors (Lipinski definition) is 1. The van der Waals surface area contributed by atoms with Crippen LogP contribution in [0, 0.1) is 0 Å². The largest absolute Gasteiger partial charge is 0.459 e. The maximum atomic E-state index is 12.7. The third kappa shape index (κ3) is 5.67. The van der Waals surface area contributed by atoms with Crippen LogP contribution in [0.15, 0.2) is 77.4 Å². The molecule has 0 saturated carbocycles. The molecular weight excluding hydrogens is 382 g/mol. The summed E-state index contributed by atoms with van der Waals surface area (Å²) in [5.41, 5.74) is 2.44. The zero-order valence-electron chi connectivity index (χ0n) is 16.7. The molecule has 1 aromatic heterocycles. The van der Waals surface area contributed by atoms with Gasteiger partial charge in [0.2, 0.25) is 0 Å². The molecular formula is C24H23NO5. The lowest BCUT2D eigenvalue weighted by Crippen LogP contribution is -2.43. The van der Waals surface area contributed by atoms with Gasteiger partial charge in [0.25, 0.3) is 5.91 Å².